The average Bonchev–Trinajstić information content (AvgIpc) is 2.49. The van der Waals surface area contributed by atoms with Gasteiger partial charge in [0, 0.05) is 11.6 Å². The van der Waals surface area contributed by atoms with E-state index >= 15 is 0 Å². The first-order valence-electron chi connectivity index (χ1n) is 8.07. The molecule has 1 fully saturated rings. The molecule has 0 bridgehead atoms. The molecule has 0 heterocycles. The zero-order valence-corrected chi connectivity index (χ0v) is 13.2. The Morgan fingerprint density at radius 3 is 2.60 bits per heavy atom. The van der Waals surface area contributed by atoms with Gasteiger partial charge in [0.05, 0.1) is 7.11 Å². The summed E-state index contributed by atoms with van der Waals surface area (Å²) in [5.41, 5.74) is 1.26. The second-order valence-electron chi connectivity index (χ2n) is 6.33. The highest BCUT2D eigenvalue weighted by Gasteiger charge is 2.18. The molecule has 0 amide bonds. The van der Waals surface area contributed by atoms with Gasteiger partial charge in [-0.3, -0.25) is 0 Å². The van der Waals surface area contributed by atoms with Crippen LogP contribution < -0.4 is 10.1 Å². The van der Waals surface area contributed by atoms with E-state index < -0.39 is 0 Å². The van der Waals surface area contributed by atoms with Gasteiger partial charge < -0.3 is 10.1 Å². The molecule has 1 unspecified atom stereocenters. The van der Waals surface area contributed by atoms with Gasteiger partial charge in [-0.2, -0.15) is 0 Å². The van der Waals surface area contributed by atoms with E-state index in [2.05, 4.69) is 31.3 Å². The Labute approximate surface area is 123 Å². The number of rotatable bonds is 6. The van der Waals surface area contributed by atoms with Crippen LogP contribution >= 0.6 is 0 Å². The number of ether oxygens (including phenoxy) is 1. The molecule has 1 aliphatic carbocycles. The third-order valence-electron chi connectivity index (χ3n) is 4.74. The van der Waals surface area contributed by atoms with E-state index in [9.17, 15) is 0 Å². The van der Waals surface area contributed by atoms with Crippen molar-refractivity contribution in [1.29, 1.82) is 0 Å². The van der Waals surface area contributed by atoms with Crippen LogP contribution in [0.3, 0.4) is 0 Å². The lowest BCUT2D eigenvalue weighted by Crippen LogP contribution is -2.23. The Morgan fingerprint density at radius 1 is 1.20 bits per heavy atom. The molecule has 1 aromatic carbocycles. The summed E-state index contributed by atoms with van der Waals surface area (Å²) in [6.07, 6.45) is 7.00. The molecule has 1 atom stereocenters. The van der Waals surface area contributed by atoms with Crippen molar-refractivity contribution in [2.75, 3.05) is 13.7 Å². The zero-order valence-electron chi connectivity index (χ0n) is 13.2. The first-order valence-corrected chi connectivity index (χ1v) is 8.07. The van der Waals surface area contributed by atoms with Crippen molar-refractivity contribution in [1.82, 2.24) is 5.32 Å². The molecule has 0 radical (unpaired) electrons. The molecule has 1 aromatic rings. The Balaban J connectivity index is 1.76. The maximum absolute atomic E-state index is 5.43. The Hall–Kier alpha value is -1.02. The van der Waals surface area contributed by atoms with E-state index in [1.165, 1.54) is 37.7 Å². The fraction of sp³-hybridized carbons (Fsp3) is 0.667. The lowest BCUT2D eigenvalue weighted by atomic mass is 9.81. The van der Waals surface area contributed by atoms with Gasteiger partial charge in [0.15, 0.2) is 0 Å². The third kappa shape index (κ3) is 4.24. The molecule has 1 N–H and O–H groups in total. The van der Waals surface area contributed by atoms with E-state index in [4.69, 9.17) is 4.74 Å². The van der Waals surface area contributed by atoms with E-state index in [1.807, 2.05) is 12.1 Å². The monoisotopic (exact) mass is 275 g/mol. The molecule has 2 nitrogen and oxygen atoms in total. The summed E-state index contributed by atoms with van der Waals surface area (Å²) in [5.74, 6) is 2.87. The third-order valence-corrected chi connectivity index (χ3v) is 4.74. The highest BCUT2D eigenvalue weighted by atomic mass is 16.5. The molecule has 0 aliphatic heterocycles. The molecular formula is C18H29NO. The minimum atomic E-state index is 0.355. The quantitative estimate of drug-likeness (QED) is 0.821. The Kier molecular flexibility index (Phi) is 5.90. The molecule has 112 valence electrons. The number of hydrogen-bond acceptors (Lipinski definition) is 2. The zero-order chi connectivity index (χ0) is 14.4. The van der Waals surface area contributed by atoms with Crippen molar-refractivity contribution in [3.8, 4) is 5.75 Å². The fourth-order valence-corrected chi connectivity index (χ4v) is 3.26. The molecular weight excluding hydrogens is 246 g/mol. The van der Waals surface area contributed by atoms with E-state index in [0.717, 1.165) is 24.1 Å². The largest absolute Gasteiger partial charge is 0.496 e. The Bertz CT molecular complexity index is 396. The summed E-state index contributed by atoms with van der Waals surface area (Å²) in [5, 5.41) is 3.65. The van der Waals surface area contributed by atoms with Gasteiger partial charge in [0.25, 0.3) is 0 Å². The molecule has 0 saturated heterocycles. The molecule has 0 aromatic heterocycles. The predicted molar refractivity (Wildman–Crippen MR) is 85.2 cm³/mol. The average molecular weight is 275 g/mol. The van der Waals surface area contributed by atoms with Crippen molar-refractivity contribution in [2.45, 2.75) is 52.0 Å². The minimum absolute atomic E-state index is 0.355. The molecule has 1 saturated carbocycles. The van der Waals surface area contributed by atoms with Crippen LogP contribution in [0.4, 0.5) is 0 Å². The summed E-state index contributed by atoms with van der Waals surface area (Å²) >= 11 is 0. The number of methoxy groups -OCH3 is 1. The van der Waals surface area contributed by atoms with Gasteiger partial charge in [0.2, 0.25) is 0 Å². The van der Waals surface area contributed by atoms with Crippen LogP contribution in [0.25, 0.3) is 0 Å². The van der Waals surface area contributed by atoms with Crippen LogP contribution in [0.5, 0.6) is 5.75 Å². The van der Waals surface area contributed by atoms with Gasteiger partial charge in [-0.1, -0.05) is 50.8 Å². The van der Waals surface area contributed by atoms with Gasteiger partial charge >= 0.3 is 0 Å². The second kappa shape index (κ2) is 7.68. The van der Waals surface area contributed by atoms with Gasteiger partial charge in [-0.25, -0.2) is 0 Å². The van der Waals surface area contributed by atoms with Crippen molar-refractivity contribution in [3.05, 3.63) is 29.8 Å². The highest BCUT2D eigenvalue weighted by molar-refractivity contribution is 5.35. The SMILES string of the molecule is COc1ccccc1C(C)NCCC1CCC(C)CC1. The molecule has 20 heavy (non-hydrogen) atoms. The normalized spacial score (nSPS) is 24.4. The first-order chi connectivity index (χ1) is 9.70. The van der Waals surface area contributed by atoms with Crippen molar-refractivity contribution < 1.29 is 4.74 Å². The molecule has 2 heteroatoms. The molecule has 1 aliphatic rings. The summed E-state index contributed by atoms with van der Waals surface area (Å²) < 4.78 is 5.43. The number of nitrogens with one attached hydrogen (secondary N) is 1. The van der Waals surface area contributed by atoms with Crippen LogP contribution in [-0.4, -0.2) is 13.7 Å². The Morgan fingerprint density at radius 2 is 1.90 bits per heavy atom. The smallest absolute Gasteiger partial charge is 0.123 e. The standard InChI is InChI=1S/C18H29NO/c1-14-8-10-16(11-9-14)12-13-19-15(2)17-6-4-5-7-18(17)20-3/h4-7,14-16,19H,8-13H2,1-3H3. The van der Waals surface area contributed by atoms with Crippen LogP contribution in [-0.2, 0) is 0 Å². The van der Waals surface area contributed by atoms with Crippen LogP contribution in [0.2, 0.25) is 0 Å². The summed E-state index contributed by atoms with van der Waals surface area (Å²) in [7, 11) is 1.74. The highest BCUT2D eigenvalue weighted by Crippen LogP contribution is 2.30. The maximum Gasteiger partial charge on any atom is 0.123 e. The van der Waals surface area contributed by atoms with E-state index in [1.54, 1.807) is 7.11 Å². The van der Waals surface area contributed by atoms with E-state index in [-0.39, 0.29) is 0 Å². The summed E-state index contributed by atoms with van der Waals surface area (Å²) in [4.78, 5) is 0. The number of hydrogen-bond donors (Lipinski definition) is 1. The van der Waals surface area contributed by atoms with E-state index in [0.29, 0.717) is 6.04 Å². The summed E-state index contributed by atoms with van der Waals surface area (Å²) in [6, 6.07) is 8.65. The van der Waals surface area contributed by atoms with Crippen LogP contribution in [0, 0.1) is 11.8 Å². The summed E-state index contributed by atoms with van der Waals surface area (Å²) in [6.45, 7) is 5.72. The first kappa shape index (κ1) is 15.4. The van der Waals surface area contributed by atoms with Crippen LogP contribution in [0.1, 0.15) is 57.6 Å². The topological polar surface area (TPSA) is 21.3 Å². The van der Waals surface area contributed by atoms with Gasteiger partial charge in [-0.05, 0) is 37.8 Å². The minimum Gasteiger partial charge on any atom is -0.496 e. The second-order valence-corrected chi connectivity index (χ2v) is 6.33. The van der Waals surface area contributed by atoms with Crippen molar-refractivity contribution in [2.24, 2.45) is 11.8 Å². The number of para-hydroxylation sites is 1. The lowest BCUT2D eigenvalue weighted by molar-refractivity contribution is 0.273. The number of benzene rings is 1. The fourth-order valence-electron chi connectivity index (χ4n) is 3.26. The molecule has 2 rings (SSSR count). The van der Waals surface area contributed by atoms with Gasteiger partial charge in [0.1, 0.15) is 5.75 Å². The lowest BCUT2D eigenvalue weighted by Gasteiger charge is -2.26. The molecule has 0 spiro atoms. The van der Waals surface area contributed by atoms with Crippen molar-refractivity contribution >= 4 is 0 Å². The van der Waals surface area contributed by atoms with Gasteiger partial charge in [-0.15, -0.1) is 0 Å². The van der Waals surface area contributed by atoms with Crippen LogP contribution in [0.15, 0.2) is 24.3 Å². The maximum atomic E-state index is 5.43. The predicted octanol–water partition coefficient (Wildman–Crippen LogP) is 4.56. The van der Waals surface area contributed by atoms with Crippen molar-refractivity contribution in [3.63, 3.8) is 0 Å².